The number of ether oxygens (including phenoxy) is 2. The standard InChI is InChI=1S/C15H23NO3/c1-3-19-15-8-11(4-5-14(15)18-2)9-16-10-12-6-13(17)7-12/h4-5,8,12-13,16-17H,3,6-7,9-10H2,1-2H3. The van der Waals surface area contributed by atoms with Gasteiger partial charge in [-0.25, -0.2) is 0 Å². The molecular weight excluding hydrogens is 242 g/mol. The molecule has 2 rings (SSSR count). The number of hydrogen-bond donors (Lipinski definition) is 2. The van der Waals surface area contributed by atoms with Crippen LogP contribution in [0.3, 0.4) is 0 Å². The second-order valence-corrected chi connectivity index (χ2v) is 5.04. The van der Waals surface area contributed by atoms with Gasteiger partial charge >= 0.3 is 0 Å². The van der Waals surface area contributed by atoms with Crippen molar-refractivity contribution in [3.05, 3.63) is 23.8 Å². The van der Waals surface area contributed by atoms with E-state index in [0.717, 1.165) is 37.4 Å². The molecule has 1 aromatic rings. The number of rotatable bonds is 7. The van der Waals surface area contributed by atoms with Crippen molar-refractivity contribution in [2.75, 3.05) is 20.3 Å². The third kappa shape index (κ3) is 3.85. The molecule has 0 unspecified atom stereocenters. The van der Waals surface area contributed by atoms with Crippen molar-refractivity contribution in [1.82, 2.24) is 5.32 Å². The molecule has 1 aliphatic carbocycles. The number of methoxy groups -OCH3 is 1. The molecule has 1 aromatic carbocycles. The predicted octanol–water partition coefficient (Wildman–Crippen LogP) is 1.95. The molecule has 2 N–H and O–H groups in total. The van der Waals surface area contributed by atoms with Gasteiger partial charge in [0.1, 0.15) is 0 Å². The van der Waals surface area contributed by atoms with E-state index in [2.05, 4.69) is 5.32 Å². The van der Waals surface area contributed by atoms with Crippen LogP contribution in [0, 0.1) is 5.92 Å². The minimum absolute atomic E-state index is 0.0719. The van der Waals surface area contributed by atoms with Gasteiger partial charge in [0, 0.05) is 6.54 Å². The van der Waals surface area contributed by atoms with Crippen molar-refractivity contribution in [2.24, 2.45) is 5.92 Å². The molecule has 0 radical (unpaired) electrons. The van der Waals surface area contributed by atoms with E-state index in [1.54, 1.807) is 7.11 Å². The van der Waals surface area contributed by atoms with Gasteiger partial charge in [-0.2, -0.15) is 0 Å². The SMILES string of the molecule is CCOc1cc(CNCC2CC(O)C2)ccc1OC. The van der Waals surface area contributed by atoms with E-state index in [9.17, 15) is 5.11 Å². The second kappa shape index (κ2) is 6.78. The summed E-state index contributed by atoms with van der Waals surface area (Å²) in [6.45, 7) is 4.38. The second-order valence-electron chi connectivity index (χ2n) is 5.04. The van der Waals surface area contributed by atoms with Crippen molar-refractivity contribution in [3.8, 4) is 11.5 Å². The van der Waals surface area contributed by atoms with Gasteiger partial charge in [-0.05, 0) is 49.9 Å². The molecule has 0 aromatic heterocycles. The third-order valence-corrected chi connectivity index (χ3v) is 3.50. The van der Waals surface area contributed by atoms with E-state index < -0.39 is 0 Å². The van der Waals surface area contributed by atoms with E-state index in [1.165, 1.54) is 5.56 Å². The molecule has 4 heteroatoms. The van der Waals surface area contributed by atoms with Crippen molar-refractivity contribution < 1.29 is 14.6 Å². The van der Waals surface area contributed by atoms with Crippen LogP contribution < -0.4 is 14.8 Å². The van der Waals surface area contributed by atoms with Gasteiger partial charge in [0.25, 0.3) is 0 Å². The van der Waals surface area contributed by atoms with Crippen LogP contribution in [0.2, 0.25) is 0 Å². The maximum atomic E-state index is 9.23. The average Bonchev–Trinajstić information content (AvgIpc) is 2.37. The number of hydrogen-bond acceptors (Lipinski definition) is 4. The Morgan fingerprint density at radius 2 is 2.11 bits per heavy atom. The number of nitrogens with one attached hydrogen (secondary N) is 1. The minimum Gasteiger partial charge on any atom is -0.493 e. The Balaban J connectivity index is 1.84. The quantitative estimate of drug-likeness (QED) is 0.791. The monoisotopic (exact) mass is 265 g/mol. The largest absolute Gasteiger partial charge is 0.493 e. The van der Waals surface area contributed by atoms with Gasteiger partial charge in [-0.3, -0.25) is 0 Å². The molecular formula is C15H23NO3. The number of benzene rings is 1. The lowest BCUT2D eigenvalue weighted by Gasteiger charge is -2.31. The minimum atomic E-state index is -0.0719. The van der Waals surface area contributed by atoms with Gasteiger partial charge in [-0.1, -0.05) is 6.07 Å². The van der Waals surface area contributed by atoms with Crippen LogP contribution >= 0.6 is 0 Å². The first-order chi connectivity index (χ1) is 9.22. The molecule has 19 heavy (non-hydrogen) atoms. The lowest BCUT2D eigenvalue weighted by Crippen LogP contribution is -2.35. The van der Waals surface area contributed by atoms with E-state index >= 15 is 0 Å². The van der Waals surface area contributed by atoms with Gasteiger partial charge in [0.15, 0.2) is 11.5 Å². The lowest BCUT2D eigenvalue weighted by molar-refractivity contribution is 0.0430. The predicted molar refractivity (Wildman–Crippen MR) is 74.6 cm³/mol. The van der Waals surface area contributed by atoms with Gasteiger partial charge in [0.2, 0.25) is 0 Å². The summed E-state index contributed by atoms with van der Waals surface area (Å²) in [5, 5.41) is 12.7. The summed E-state index contributed by atoms with van der Waals surface area (Å²) in [4.78, 5) is 0. The first kappa shape index (κ1) is 14.2. The molecule has 0 amide bonds. The Morgan fingerprint density at radius 3 is 2.74 bits per heavy atom. The summed E-state index contributed by atoms with van der Waals surface area (Å²) < 4.78 is 10.8. The molecule has 4 nitrogen and oxygen atoms in total. The normalized spacial score (nSPS) is 21.8. The molecule has 106 valence electrons. The van der Waals surface area contributed by atoms with Crippen LogP contribution in [0.25, 0.3) is 0 Å². The van der Waals surface area contributed by atoms with Crippen LogP contribution in [0.5, 0.6) is 11.5 Å². The molecule has 1 fully saturated rings. The third-order valence-electron chi connectivity index (χ3n) is 3.50. The van der Waals surface area contributed by atoms with E-state index in [1.807, 2.05) is 25.1 Å². The highest BCUT2D eigenvalue weighted by atomic mass is 16.5. The summed E-state index contributed by atoms with van der Waals surface area (Å²) in [6.07, 6.45) is 1.79. The van der Waals surface area contributed by atoms with Crippen LogP contribution in [0.4, 0.5) is 0 Å². The van der Waals surface area contributed by atoms with Crippen LogP contribution in [-0.2, 0) is 6.54 Å². The molecule has 0 atom stereocenters. The Labute approximate surface area is 114 Å². The first-order valence-electron chi connectivity index (χ1n) is 6.91. The van der Waals surface area contributed by atoms with E-state index in [-0.39, 0.29) is 6.10 Å². The molecule has 0 saturated heterocycles. The summed E-state index contributed by atoms with van der Waals surface area (Å²) in [5.41, 5.74) is 1.18. The Bertz CT molecular complexity index is 402. The Morgan fingerprint density at radius 1 is 1.32 bits per heavy atom. The van der Waals surface area contributed by atoms with Gasteiger partial charge in [-0.15, -0.1) is 0 Å². The Kier molecular flexibility index (Phi) is 5.05. The van der Waals surface area contributed by atoms with Crippen molar-refractivity contribution >= 4 is 0 Å². The fourth-order valence-corrected chi connectivity index (χ4v) is 2.39. The fraction of sp³-hybridized carbons (Fsp3) is 0.600. The maximum absolute atomic E-state index is 9.23. The topological polar surface area (TPSA) is 50.7 Å². The molecule has 0 spiro atoms. The van der Waals surface area contributed by atoms with Crippen LogP contribution in [-0.4, -0.2) is 31.5 Å². The lowest BCUT2D eigenvalue weighted by atomic mass is 9.82. The molecule has 1 saturated carbocycles. The molecule has 0 heterocycles. The zero-order valence-corrected chi connectivity index (χ0v) is 11.7. The number of aliphatic hydroxyl groups excluding tert-OH is 1. The Hall–Kier alpha value is -1.26. The summed E-state index contributed by atoms with van der Waals surface area (Å²) in [5.74, 6) is 2.19. The van der Waals surface area contributed by atoms with Gasteiger partial charge < -0.3 is 19.9 Å². The van der Waals surface area contributed by atoms with Crippen LogP contribution in [0.15, 0.2) is 18.2 Å². The summed E-state index contributed by atoms with van der Waals surface area (Å²) in [7, 11) is 1.65. The van der Waals surface area contributed by atoms with Crippen LogP contribution in [0.1, 0.15) is 25.3 Å². The van der Waals surface area contributed by atoms with Gasteiger partial charge in [0.05, 0.1) is 19.8 Å². The average molecular weight is 265 g/mol. The highest BCUT2D eigenvalue weighted by molar-refractivity contribution is 5.42. The maximum Gasteiger partial charge on any atom is 0.161 e. The van der Waals surface area contributed by atoms with E-state index in [4.69, 9.17) is 9.47 Å². The molecule has 0 aliphatic heterocycles. The highest BCUT2D eigenvalue weighted by Crippen LogP contribution is 2.28. The zero-order chi connectivity index (χ0) is 13.7. The first-order valence-corrected chi connectivity index (χ1v) is 6.91. The van der Waals surface area contributed by atoms with E-state index in [0.29, 0.717) is 12.5 Å². The molecule has 1 aliphatic rings. The van der Waals surface area contributed by atoms with Crippen molar-refractivity contribution in [1.29, 1.82) is 0 Å². The van der Waals surface area contributed by atoms with Crippen molar-refractivity contribution in [3.63, 3.8) is 0 Å². The van der Waals surface area contributed by atoms with Crippen molar-refractivity contribution in [2.45, 2.75) is 32.4 Å². The zero-order valence-electron chi connectivity index (χ0n) is 11.7. The molecule has 0 bridgehead atoms. The smallest absolute Gasteiger partial charge is 0.161 e. The summed E-state index contributed by atoms with van der Waals surface area (Å²) >= 11 is 0. The fourth-order valence-electron chi connectivity index (χ4n) is 2.39. The summed E-state index contributed by atoms with van der Waals surface area (Å²) in [6, 6.07) is 6.00. The number of aliphatic hydroxyl groups is 1. The highest BCUT2D eigenvalue weighted by Gasteiger charge is 2.26.